The summed E-state index contributed by atoms with van der Waals surface area (Å²) in [5.41, 5.74) is 3.55. The molecule has 2 amide bonds. The van der Waals surface area contributed by atoms with E-state index in [9.17, 15) is 9.59 Å². The van der Waals surface area contributed by atoms with Crippen LogP contribution >= 0.6 is 11.8 Å². The molecule has 2 N–H and O–H groups in total. The Morgan fingerprint density at radius 1 is 1.04 bits per heavy atom. The molecule has 0 heterocycles. The summed E-state index contributed by atoms with van der Waals surface area (Å²) in [4.78, 5) is 25.3. The standard InChI is InChI=1S/C21H26N2O2S/c1-15-9-10-19(13-16(15)2)26-12-11-20(24)23-17(3)21(25)22-14-18-7-5-4-6-8-18/h4-10,13,17H,11-12,14H2,1-3H3,(H,22,25)(H,23,24). The third-order valence-corrected chi connectivity index (χ3v) is 5.15. The first-order valence-electron chi connectivity index (χ1n) is 8.77. The average Bonchev–Trinajstić information content (AvgIpc) is 2.63. The molecule has 0 aliphatic carbocycles. The van der Waals surface area contributed by atoms with E-state index in [1.807, 2.05) is 30.3 Å². The van der Waals surface area contributed by atoms with Crippen molar-refractivity contribution < 1.29 is 9.59 Å². The van der Waals surface area contributed by atoms with Gasteiger partial charge in [0.05, 0.1) is 0 Å². The van der Waals surface area contributed by atoms with Crippen LogP contribution in [0, 0.1) is 13.8 Å². The van der Waals surface area contributed by atoms with E-state index in [2.05, 4.69) is 42.7 Å². The van der Waals surface area contributed by atoms with Gasteiger partial charge >= 0.3 is 0 Å². The molecule has 0 aliphatic heterocycles. The normalized spacial score (nSPS) is 11.7. The number of hydrogen-bond acceptors (Lipinski definition) is 3. The smallest absolute Gasteiger partial charge is 0.242 e. The van der Waals surface area contributed by atoms with E-state index in [0.29, 0.717) is 18.7 Å². The van der Waals surface area contributed by atoms with E-state index in [4.69, 9.17) is 0 Å². The molecular formula is C21H26N2O2S. The highest BCUT2D eigenvalue weighted by atomic mass is 32.2. The Hall–Kier alpha value is -2.27. The second kappa shape index (κ2) is 10.0. The van der Waals surface area contributed by atoms with Gasteiger partial charge in [0.25, 0.3) is 0 Å². The van der Waals surface area contributed by atoms with Crippen molar-refractivity contribution in [2.24, 2.45) is 0 Å². The van der Waals surface area contributed by atoms with Crippen LogP contribution in [-0.4, -0.2) is 23.6 Å². The number of aryl methyl sites for hydroxylation is 2. The van der Waals surface area contributed by atoms with Gasteiger partial charge in [-0.15, -0.1) is 11.8 Å². The summed E-state index contributed by atoms with van der Waals surface area (Å²) in [6, 6.07) is 15.5. The summed E-state index contributed by atoms with van der Waals surface area (Å²) in [7, 11) is 0. The lowest BCUT2D eigenvalue weighted by molar-refractivity contribution is -0.128. The van der Waals surface area contributed by atoms with Crippen LogP contribution in [0.15, 0.2) is 53.4 Å². The molecule has 0 radical (unpaired) electrons. The van der Waals surface area contributed by atoms with Crippen LogP contribution in [0.1, 0.15) is 30.0 Å². The molecule has 1 atom stereocenters. The van der Waals surface area contributed by atoms with Gasteiger partial charge in [-0.05, 0) is 49.6 Å². The van der Waals surface area contributed by atoms with E-state index in [1.165, 1.54) is 11.1 Å². The first-order chi connectivity index (χ1) is 12.5. The van der Waals surface area contributed by atoms with Gasteiger partial charge in [0.15, 0.2) is 0 Å². The summed E-state index contributed by atoms with van der Waals surface area (Å²) < 4.78 is 0. The van der Waals surface area contributed by atoms with Crippen LogP contribution in [-0.2, 0) is 16.1 Å². The zero-order chi connectivity index (χ0) is 18.9. The number of nitrogens with one attached hydrogen (secondary N) is 2. The molecule has 0 saturated carbocycles. The lowest BCUT2D eigenvalue weighted by atomic mass is 10.1. The van der Waals surface area contributed by atoms with Crippen molar-refractivity contribution in [1.82, 2.24) is 10.6 Å². The molecule has 2 aromatic rings. The van der Waals surface area contributed by atoms with E-state index in [0.717, 1.165) is 10.5 Å². The fraction of sp³-hybridized carbons (Fsp3) is 0.333. The Morgan fingerprint density at radius 2 is 1.77 bits per heavy atom. The van der Waals surface area contributed by atoms with Crippen molar-refractivity contribution in [3.8, 4) is 0 Å². The molecule has 1 unspecified atom stereocenters. The number of benzene rings is 2. The van der Waals surface area contributed by atoms with E-state index in [-0.39, 0.29) is 11.8 Å². The van der Waals surface area contributed by atoms with Crippen LogP contribution in [0.25, 0.3) is 0 Å². The van der Waals surface area contributed by atoms with Crippen molar-refractivity contribution in [2.75, 3.05) is 5.75 Å². The third kappa shape index (κ3) is 6.56. The zero-order valence-electron chi connectivity index (χ0n) is 15.5. The molecule has 0 saturated heterocycles. The summed E-state index contributed by atoms with van der Waals surface area (Å²) in [5.74, 6) is 0.403. The second-order valence-corrected chi connectivity index (χ2v) is 7.51. The first kappa shape index (κ1) is 20.0. The van der Waals surface area contributed by atoms with Crippen molar-refractivity contribution in [2.45, 2.75) is 44.7 Å². The number of hydrogen-bond donors (Lipinski definition) is 2. The van der Waals surface area contributed by atoms with Gasteiger partial charge in [0.2, 0.25) is 11.8 Å². The van der Waals surface area contributed by atoms with Gasteiger partial charge in [-0.1, -0.05) is 36.4 Å². The zero-order valence-corrected chi connectivity index (χ0v) is 16.4. The van der Waals surface area contributed by atoms with E-state index in [1.54, 1.807) is 18.7 Å². The SMILES string of the molecule is Cc1ccc(SCCC(=O)NC(C)C(=O)NCc2ccccc2)cc1C. The molecule has 138 valence electrons. The Labute approximate surface area is 159 Å². The Balaban J connectivity index is 1.69. The first-order valence-corrected chi connectivity index (χ1v) is 9.75. The molecule has 4 nitrogen and oxygen atoms in total. The highest BCUT2D eigenvalue weighted by molar-refractivity contribution is 7.99. The number of carbonyl (C=O) groups excluding carboxylic acids is 2. The van der Waals surface area contributed by atoms with Gasteiger partial charge in [0, 0.05) is 23.6 Å². The molecule has 0 spiro atoms. The molecular weight excluding hydrogens is 344 g/mol. The van der Waals surface area contributed by atoms with Crippen LogP contribution in [0.5, 0.6) is 0 Å². The molecule has 26 heavy (non-hydrogen) atoms. The highest BCUT2D eigenvalue weighted by Gasteiger charge is 2.15. The highest BCUT2D eigenvalue weighted by Crippen LogP contribution is 2.21. The minimum Gasteiger partial charge on any atom is -0.350 e. The van der Waals surface area contributed by atoms with Crippen LogP contribution in [0.2, 0.25) is 0 Å². The molecule has 2 rings (SSSR count). The Kier molecular flexibility index (Phi) is 7.73. The minimum absolute atomic E-state index is 0.108. The summed E-state index contributed by atoms with van der Waals surface area (Å²) in [6.07, 6.45) is 0.383. The fourth-order valence-electron chi connectivity index (χ4n) is 2.38. The van der Waals surface area contributed by atoms with Crippen molar-refractivity contribution in [3.05, 3.63) is 65.2 Å². The summed E-state index contributed by atoms with van der Waals surface area (Å²) in [6.45, 7) is 6.33. The topological polar surface area (TPSA) is 58.2 Å². The molecule has 0 fully saturated rings. The number of rotatable bonds is 8. The summed E-state index contributed by atoms with van der Waals surface area (Å²) in [5, 5.41) is 5.60. The Bertz CT molecular complexity index is 747. The third-order valence-electron chi connectivity index (χ3n) is 4.16. The van der Waals surface area contributed by atoms with Gasteiger partial charge in [0.1, 0.15) is 6.04 Å². The maximum atomic E-state index is 12.1. The molecule has 0 aliphatic rings. The van der Waals surface area contributed by atoms with Crippen molar-refractivity contribution >= 4 is 23.6 Å². The van der Waals surface area contributed by atoms with Crippen LogP contribution in [0.3, 0.4) is 0 Å². The monoisotopic (exact) mass is 370 g/mol. The lowest BCUT2D eigenvalue weighted by Gasteiger charge is -2.14. The average molecular weight is 371 g/mol. The van der Waals surface area contributed by atoms with Gasteiger partial charge in [-0.2, -0.15) is 0 Å². The lowest BCUT2D eigenvalue weighted by Crippen LogP contribution is -2.44. The number of amides is 2. The predicted octanol–water partition coefficient (Wildman–Crippen LogP) is 3.61. The summed E-state index contributed by atoms with van der Waals surface area (Å²) >= 11 is 1.65. The van der Waals surface area contributed by atoms with Crippen LogP contribution in [0.4, 0.5) is 0 Å². The quantitative estimate of drug-likeness (QED) is 0.698. The van der Waals surface area contributed by atoms with Crippen molar-refractivity contribution in [1.29, 1.82) is 0 Å². The van der Waals surface area contributed by atoms with Crippen LogP contribution < -0.4 is 10.6 Å². The largest absolute Gasteiger partial charge is 0.350 e. The van der Waals surface area contributed by atoms with Gasteiger partial charge in [-0.3, -0.25) is 9.59 Å². The fourth-order valence-corrected chi connectivity index (χ4v) is 3.33. The number of carbonyl (C=O) groups is 2. The van der Waals surface area contributed by atoms with E-state index < -0.39 is 6.04 Å². The molecule has 2 aromatic carbocycles. The molecule has 0 bridgehead atoms. The van der Waals surface area contributed by atoms with Gasteiger partial charge in [-0.25, -0.2) is 0 Å². The Morgan fingerprint density at radius 3 is 2.46 bits per heavy atom. The molecule has 5 heteroatoms. The maximum absolute atomic E-state index is 12.1. The predicted molar refractivity (Wildman–Crippen MR) is 107 cm³/mol. The van der Waals surface area contributed by atoms with Gasteiger partial charge < -0.3 is 10.6 Å². The second-order valence-electron chi connectivity index (χ2n) is 6.34. The van der Waals surface area contributed by atoms with Crippen molar-refractivity contribution in [3.63, 3.8) is 0 Å². The van der Waals surface area contributed by atoms with E-state index >= 15 is 0 Å². The number of thioether (sulfide) groups is 1. The maximum Gasteiger partial charge on any atom is 0.242 e. The molecule has 0 aromatic heterocycles. The minimum atomic E-state index is -0.544.